The summed E-state index contributed by atoms with van der Waals surface area (Å²) in [5, 5.41) is 12.3. The van der Waals surface area contributed by atoms with Gasteiger partial charge in [-0.25, -0.2) is 4.98 Å². The monoisotopic (exact) mass is 242 g/mol. The van der Waals surface area contributed by atoms with Gasteiger partial charge in [0.15, 0.2) is 0 Å². The molecule has 88 valence electrons. The lowest BCUT2D eigenvalue weighted by Crippen LogP contribution is -2.33. The summed E-state index contributed by atoms with van der Waals surface area (Å²) in [6.45, 7) is 5.13. The molecular formula is C10H16BClN2O2. The zero-order valence-electron chi connectivity index (χ0n) is 9.53. The number of nitrogens with one attached hydrogen (secondary N) is 1. The largest absolute Gasteiger partial charge is 0.437 e. The molecule has 0 atom stereocenters. The summed E-state index contributed by atoms with van der Waals surface area (Å²) >= 11 is 5.95. The van der Waals surface area contributed by atoms with Crippen LogP contribution in [0.3, 0.4) is 0 Å². The average Bonchev–Trinajstić information content (AvgIpc) is 2.20. The van der Waals surface area contributed by atoms with Crippen LogP contribution in [0.1, 0.15) is 11.3 Å². The maximum atomic E-state index is 8.95. The van der Waals surface area contributed by atoms with Gasteiger partial charge in [0.25, 0.3) is 0 Å². The van der Waals surface area contributed by atoms with E-state index in [0.29, 0.717) is 24.9 Å². The molecule has 0 radical (unpaired) electrons. The molecule has 0 saturated heterocycles. The van der Waals surface area contributed by atoms with Gasteiger partial charge in [-0.05, 0) is 19.8 Å². The predicted octanol–water partition coefficient (Wildman–Crippen LogP) is 1.26. The molecule has 0 aromatic carbocycles. The van der Waals surface area contributed by atoms with Crippen LogP contribution in [0.25, 0.3) is 0 Å². The van der Waals surface area contributed by atoms with Crippen molar-refractivity contribution >= 4 is 18.7 Å². The molecule has 0 saturated carbocycles. The molecule has 0 fully saturated rings. The van der Waals surface area contributed by atoms with Crippen LogP contribution in [0.15, 0.2) is 12.1 Å². The SMILES string of the molecule is CB(O)NCCOCc1ccc(C)nc1Cl. The van der Waals surface area contributed by atoms with Crippen LogP contribution in [-0.2, 0) is 11.3 Å². The van der Waals surface area contributed by atoms with Gasteiger partial charge < -0.3 is 15.0 Å². The van der Waals surface area contributed by atoms with Crippen LogP contribution in [0.4, 0.5) is 0 Å². The molecule has 1 heterocycles. The number of ether oxygens (including phenoxy) is 1. The molecule has 4 nitrogen and oxygen atoms in total. The van der Waals surface area contributed by atoms with Crippen molar-refractivity contribution in [1.29, 1.82) is 0 Å². The molecule has 16 heavy (non-hydrogen) atoms. The van der Waals surface area contributed by atoms with Crippen molar-refractivity contribution in [2.45, 2.75) is 20.4 Å². The third-order valence-corrected chi connectivity index (χ3v) is 2.34. The van der Waals surface area contributed by atoms with Crippen LogP contribution in [0.5, 0.6) is 0 Å². The van der Waals surface area contributed by atoms with Gasteiger partial charge in [-0.3, -0.25) is 0 Å². The van der Waals surface area contributed by atoms with Gasteiger partial charge in [0.1, 0.15) is 5.15 Å². The summed E-state index contributed by atoms with van der Waals surface area (Å²) in [6, 6.07) is 3.81. The summed E-state index contributed by atoms with van der Waals surface area (Å²) < 4.78 is 5.39. The van der Waals surface area contributed by atoms with Crippen LogP contribution < -0.4 is 5.23 Å². The van der Waals surface area contributed by atoms with E-state index in [2.05, 4.69) is 10.2 Å². The summed E-state index contributed by atoms with van der Waals surface area (Å²) in [5.41, 5.74) is 1.77. The molecule has 1 rings (SSSR count). The maximum absolute atomic E-state index is 8.95. The Morgan fingerprint density at radius 3 is 2.94 bits per heavy atom. The van der Waals surface area contributed by atoms with Gasteiger partial charge in [-0.15, -0.1) is 0 Å². The molecule has 0 amide bonds. The number of halogens is 1. The molecule has 1 aromatic rings. The van der Waals surface area contributed by atoms with Crippen molar-refractivity contribution in [1.82, 2.24) is 10.2 Å². The Labute approximate surface area is 101 Å². The van der Waals surface area contributed by atoms with Crippen molar-refractivity contribution in [3.05, 3.63) is 28.5 Å². The van der Waals surface area contributed by atoms with Gasteiger partial charge in [0.2, 0.25) is 0 Å². The molecule has 1 aromatic heterocycles. The van der Waals surface area contributed by atoms with E-state index in [1.54, 1.807) is 6.82 Å². The second kappa shape index (κ2) is 6.86. The first-order valence-corrected chi connectivity index (χ1v) is 5.58. The summed E-state index contributed by atoms with van der Waals surface area (Å²) in [7, 11) is -0.506. The number of nitrogens with zero attached hydrogens (tertiary/aromatic N) is 1. The zero-order chi connectivity index (χ0) is 12.0. The van der Waals surface area contributed by atoms with E-state index in [1.807, 2.05) is 19.1 Å². The molecule has 0 spiro atoms. The van der Waals surface area contributed by atoms with Crippen molar-refractivity contribution in [3.8, 4) is 0 Å². The van der Waals surface area contributed by atoms with Crippen molar-refractivity contribution in [3.63, 3.8) is 0 Å². The average molecular weight is 243 g/mol. The smallest absolute Gasteiger partial charge is 0.373 e. The molecule has 0 bridgehead atoms. The number of aryl methyl sites for hydroxylation is 1. The molecule has 0 aliphatic heterocycles. The molecule has 0 aliphatic rings. The van der Waals surface area contributed by atoms with Gasteiger partial charge >= 0.3 is 7.05 Å². The topological polar surface area (TPSA) is 54.4 Å². The molecule has 0 unspecified atom stereocenters. The lowest BCUT2D eigenvalue weighted by Gasteiger charge is -2.07. The van der Waals surface area contributed by atoms with Crippen molar-refractivity contribution in [2.24, 2.45) is 0 Å². The minimum atomic E-state index is -0.506. The Morgan fingerprint density at radius 2 is 2.31 bits per heavy atom. The second-order valence-electron chi connectivity index (χ2n) is 3.59. The number of pyridine rings is 1. The molecule has 0 aliphatic carbocycles. The highest BCUT2D eigenvalue weighted by Crippen LogP contribution is 2.14. The fourth-order valence-corrected chi connectivity index (χ4v) is 1.43. The first-order valence-electron chi connectivity index (χ1n) is 5.21. The highest BCUT2D eigenvalue weighted by molar-refractivity contribution is 6.45. The van der Waals surface area contributed by atoms with E-state index in [1.165, 1.54) is 0 Å². The van der Waals surface area contributed by atoms with Crippen LogP contribution in [0, 0.1) is 6.92 Å². The number of rotatable bonds is 6. The fourth-order valence-electron chi connectivity index (χ4n) is 1.18. The maximum Gasteiger partial charge on any atom is 0.373 e. The van der Waals surface area contributed by atoms with E-state index in [0.717, 1.165) is 11.3 Å². The van der Waals surface area contributed by atoms with Crippen LogP contribution in [-0.4, -0.2) is 30.2 Å². The lowest BCUT2D eigenvalue weighted by molar-refractivity contribution is 0.125. The Bertz CT molecular complexity index is 337. The van der Waals surface area contributed by atoms with Crippen molar-refractivity contribution < 1.29 is 9.76 Å². The highest BCUT2D eigenvalue weighted by atomic mass is 35.5. The minimum Gasteiger partial charge on any atom is -0.437 e. The number of aromatic nitrogens is 1. The predicted molar refractivity (Wildman–Crippen MR) is 65.5 cm³/mol. The molecule has 6 heteroatoms. The van der Waals surface area contributed by atoms with Gasteiger partial charge in [-0.2, -0.15) is 0 Å². The van der Waals surface area contributed by atoms with E-state index >= 15 is 0 Å². The Kier molecular flexibility index (Phi) is 5.77. The third-order valence-electron chi connectivity index (χ3n) is 2.01. The quantitative estimate of drug-likeness (QED) is 0.448. The summed E-state index contributed by atoms with van der Waals surface area (Å²) in [4.78, 5) is 4.13. The Balaban J connectivity index is 2.27. The first-order chi connectivity index (χ1) is 7.59. The summed E-state index contributed by atoms with van der Waals surface area (Å²) in [5.74, 6) is 0. The Hall–Kier alpha value is -0.615. The van der Waals surface area contributed by atoms with Gasteiger partial charge in [0.05, 0.1) is 13.2 Å². The third kappa shape index (κ3) is 4.94. The number of hydrogen-bond donors (Lipinski definition) is 2. The number of hydrogen-bond acceptors (Lipinski definition) is 4. The standard InChI is InChI=1S/C10H16BClN2O2/c1-8-3-4-9(10(12)14-8)7-16-6-5-13-11(2)15/h3-4,13,15H,5-7H2,1-2H3. The normalized spacial score (nSPS) is 10.5. The summed E-state index contributed by atoms with van der Waals surface area (Å²) in [6.07, 6.45) is 0. The zero-order valence-corrected chi connectivity index (χ0v) is 10.3. The molecular weight excluding hydrogens is 226 g/mol. The first kappa shape index (κ1) is 13.4. The van der Waals surface area contributed by atoms with E-state index < -0.39 is 7.05 Å². The van der Waals surface area contributed by atoms with Crippen LogP contribution >= 0.6 is 11.6 Å². The lowest BCUT2D eigenvalue weighted by atomic mass is 9.89. The van der Waals surface area contributed by atoms with Gasteiger partial charge in [-0.1, -0.05) is 17.7 Å². The fraction of sp³-hybridized carbons (Fsp3) is 0.500. The van der Waals surface area contributed by atoms with E-state index in [-0.39, 0.29) is 0 Å². The van der Waals surface area contributed by atoms with E-state index in [9.17, 15) is 0 Å². The van der Waals surface area contributed by atoms with Crippen LogP contribution in [0.2, 0.25) is 12.0 Å². The van der Waals surface area contributed by atoms with E-state index in [4.69, 9.17) is 21.4 Å². The Morgan fingerprint density at radius 1 is 1.56 bits per heavy atom. The minimum absolute atomic E-state index is 0.438. The molecule has 2 N–H and O–H groups in total. The highest BCUT2D eigenvalue weighted by Gasteiger charge is 2.03. The second-order valence-corrected chi connectivity index (χ2v) is 3.94. The van der Waals surface area contributed by atoms with Crippen molar-refractivity contribution in [2.75, 3.05) is 13.2 Å². The van der Waals surface area contributed by atoms with Gasteiger partial charge in [0, 0.05) is 17.8 Å².